The Morgan fingerprint density at radius 2 is 1.95 bits per heavy atom. The number of thioether (sulfide) groups is 1. The van der Waals surface area contributed by atoms with Crippen LogP contribution >= 0.6 is 11.8 Å². The smallest absolute Gasteiger partial charge is 0.276 e. The molecule has 0 bridgehead atoms. The molecule has 3 aromatic rings. The molecular formula is C16H17N3OS. The third-order valence-electron chi connectivity index (χ3n) is 3.43. The molecule has 0 aliphatic rings. The Bertz CT molecular complexity index is 736. The molecule has 5 heteroatoms. The Labute approximate surface area is 128 Å². The topological polar surface area (TPSA) is 51.0 Å². The van der Waals surface area contributed by atoms with Crippen molar-refractivity contribution in [3.63, 3.8) is 0 Å². The minimum Gasteiger partial charge on any atom is -0.416 e. The van der Waals surface area contributed by atoms with E-state index in [4.69, 9.17) is 4.42 Å². The summed E-state index contributed by atoms with van der Waals surface area (Å²) in [6.45, 7) is 1.80. The molecule has 0 aliphatic heterocycles. The van der Waals surface area contributed by atoms with Gasteiger partial charge in [-0.3, -0.25) is 0 Å². The third kappa shape index (κ3) is 3.09. The van der Waals surface area contributed by atoms with Gasteiger partial charge < -0.3 is 9.73 Å². The van der Waals surface area contributed by atoms with Crippen LogP contribution in [0.5, 0.6) is 0 Å². The second-order valence-electron chi connectivity index (χ2n) is 4.81. The van der Waals surface area contributed by atoms with Gasteiger partial charge in [0.1, 0.15) is 0 Å². The van der Waals surface area contributed by atoms with Crippen LogP contribution in [-0.4, -0.2) is 23.0 Å². The summed E-state index contributed by atoms with van der Waals surface area (Å²) in [7, 11) is 1.98. The predicted molar refractivity (Wildman–Crippen MR) is 85.5 cm³/mol. The predicted octanol–water partition coefficient (Wildman–Crippen LogP) is 3.58. The molecule has 108 valence electrons. The van der Waals surface area contributed by atoms with Crippen molar-refractivity contribution in [2.24, 2.45) is 0 Å². The van der Waals surface area contributed by atoms with Crippen molar-refractivity contribution in [3.05, 3.63) is 53.9 Å². The van der Waals surface area contributed by atoms with Crippen molar-refractivity contribution >= 4 is 22.5 Å². The van der Waals surface area contributed by atoms with Gasteiger partial charge in [0, 0.05) is 18.7 Å². The summed E-state index contributed by atoms with van der Waals surface area (Å²) in [5.41, 5.74) is 1.29. The number of nitrogens with zero attached hydrogens (tertiary/aromatic N) is 2. The van der Waals surface area contributed by atoms with Gasteiger partial charge in [0.25, 0.3) is 5.22 Å². The van der Waals surface area contributed by atoms with Crippen LogP contribution in [0.3, 0.4) is 0 Å². The van der Waals surface area contributed by atoms with Gasteiger partial charge in [0.05, 0.1) is 0 Å². The van der Waals surface area contributed by atoms with E-state index in [0.29, 0.717) is 11.1 Å². The fraction of sp³-hybridized carbons (Fsp3) is 0.250. The Morgan fingerprint density at radius 1 is 1.14 bits per heavy atom. The summed E-state index contributed by atoms with van der Waals surface area (Å²) < 4.78 is 5.41. The summed E-state index contributed by atoms with van der Waals surface area (Å²) in [6, 6.07) is 15.1. The van der Waals surface area contributed by atoms with E-state index in [9.17, 15) is 0 Å². The number of aryl methyl sites for hydroxylation is 1. The average Bonchev–Trinajstić information content (AvgIpc) is 2.93. The van der Waals surface area contributed by atoms with Crippen molar-refractivity contribution in [1.82, 2.24) is 15.5 Å². The summed E-state index contributed by atoms with van der Waals surface area (Å²) in [6.07, 6.45) is 0. The van der Waals surface area contributed by atoms with Gasteiger partial charge in [-0.1, -0.05) is 54.2 Å². The van der Waals surface area contributed by atoms with Gasteiger partial charge in [-0.05, 0) is 23.4 Å². The number of fused-ring (bicyclic) bond motifs is 1. The first kappa shape index (κ1) is 14.1. The highest BCUT2D eigenvalue weighted by Crippen LogP contribution is 2.28. The Hall–Kier alpha value is -1.85. The highest BCUT2D eigenvalue weighted by molar-refractivity contribution is 7.99. The molecular weight excluding hydrogens is 282 g/mol. The zero-order chi connectivity index (χ0) is 14.7. The van der Waals surface area contributed by atoms with Crippen LogP contribution in [0.25, 0.3) is 10.8 Å². The zero-order valence-electron chi connectivity index (χ0n) is 12.0. The molecule has 2 aromatic carbocycles. The highest BCUT2D eigenvalue weighted by atomic mass is 32.2. The maximum Gasteiger partial charge on any atom is 0.276 e. The molecule has 0 saturated carbocycles. The summed E-state index contributed by atoms with van der Waals surface area (Å²) >= 11 is 1.57. The van der Waals surface area contributed by atoms with Gasteiger partial charge >= 0.3 is 0 Å². The average molecular weight is 299 g/mol. The van der Waals surface area contributed by atoms with E-state index in [1.165, 1.54) is 16.3 Å². The van der Waals surface area contributed by atoms with Crippen LogP contribution < -0.4 is 5.32 Å². The molecule has 1 unspecified atom stereocenters. The number of benzene rings is 2. The van der Waals surface area contributed by atoms with E-state index >= 15 is 0 Å². The molecule has 1 atom stereocenters. The third-order valence-corrected chi connectivity index (χ3v) is 4.34. The van der Waals surface area contributed by atoms with E-state index in [1.54, 1.807) is 18.7 Å². The van der Waals surface area contributed by atoms with E-state index < -0.39 is 0 Å². The molecule has 0 aliphatic carbocycles. The molecule has 0 radical (unpaired) electrons. The van der Waals surface area contributed by atoms with Crippen molar-refractivity contribution in [3.8, 4) is 0 Å². The molecule has 1 aromatic heterocycles. The van der Waals surface area contributed by atoms with Crippen molar-refractivity contribution in [1.29, 1.82) is 0 Å². The standard InChI is InChI=1S/C16H17N3OS/c1-11-18-19-16(20-11)21-10-15(17-2)14-9-5-7-12-6-3-4-8-13(12)14/h3-9,15,17H,10H2,1-2H3. The lowest BCUT2D eigenvalue weighted by Gasteiger charge is -2.17. The molecule has 3 rings (SSSR count). The first-order chi connectivity index (χ1) is 10.3. The van der Waals surface area contributed by atoms with Crippen molar-refractivity contribution < 1.29 is 4.42 Å². The summed E-state index contributed by atoms with van der Waals surface area (Å²) in [4.78, 5) is 0. The minimum atomic E-state index is 0.230. The molecule has 0 fully saturated rings. The van der Waals surface area contributed by atoms with E-state index in [-0.39, 0.29) is 6.04 Å². The van der Waals surface area contributed by atoms with Crippen molar-refractivity contribution in [2.45, 2.75) is 18.2 Å². The van der Waals surface area contributed by atoms with Crippen LogP contribution in [0.15, 0.2) is 52.1 Å². The quantitative estimate of drug-likeness (QED) is 0.730. The maximum absolute atomic E-state index is 5.41. The van der Waals surface area contributed by atoms with Crippen LogP contribution in [0, 0.1) is 6.92 Å². The molecule has 0 spiro atoms. The fourth-order valence-electron chi connectivity index (χ4n) is 2.37. The number of hydrogen-bond donors (Lipinski definition) is 1. The zero-order valence-corrected chi connectivity index (χ0v) is 12.9. The number of aromatic nitrogens is 2. The van der Waals surface area contributed by atoms with E-state index in [1.807, 2.05) is 7.05 Å². The van der Waals surface area contributed by atoms with Crippen molar-refractivity contribution in [2.75, 3.05) is 12.8 Å². The van der Waals surface area contributed by atoms with Gasteiger partial charge in [-0.2, -0.15) is 0 Å². The van der Waals surface area contributed by atoms with E-state index in [2.05, 4.69) is 58.0 Å². The largest absolute Gasteiger partial charge is 0.416 e. The van der Waals surface area contributed by atoms with Crippen LogP contribution in [0.4, 0.5) is 0 Å². The van der Waals surface area contributed by atoms with Gasteiger partial charge in [0.15, 0.2) is 0 Å². The molecule has 21 heavy (non-hydrogen) atoms. The SMILES string of the molecule is CNC(CSc1nnc(C)o1)c1cccc2ccccc12. The monoisotopic (exact) mass is 299 g/mol. The first-order valence-corrected chi connectivity index (χ1v) is 7.84. The molecule has 1 heterocycles. The number of nitrogens with one attached hydrogen (secondary N) is 1. The maximum atomic E-state index is 5.41. The van der Waals surface area contributed by atoms with Crippen LogP contribution in [-0.2, 0) is 0 Å². The van der Waals surface area contributed by atoms with Crippen LogP contribution in [0.1, 0.15) is 17.5 Å². The molecule has 0 amide bonds. The summed E-state index contributed by atoms with van der Waals surface area (Å²) in [5.74, 6) is 1.44. The molecule has 4 nitrogen and oxygen atoms in total. The lowest BCUT2D eigenvalue weighted by molar-refractivity contribution is 0.428. The van der Waals surface area contributed by atoms with Gasteiger partial charge in [0.2, 0.25) is 5.89 Å². The summed E-state index contributed by atoms with van der Waals surface area (Å²) in [5, 5.41) is 14.4. The number of hydrogen-bond acceptors (Lipinski definition) is 5. The second-order valence-corrected chi connectivity index (χ2v) is 5.78. The Morgan fingerprint density at radius 3 is 2.71 bits per heavy atom. The highest BCUT2D eigenvalue weighted by Gasteiger charge is 2.14. The van der Waals surface area contributed by atoms with E-state index in [0.717, 1.165) is 5.75 Å². The lowest BCUT2D eigenvalue weighted by Crippen LogP contribution is -2.19. The Balaban J connectivity index is 1.84. The minimum absolute atomic E-state index is 0.230. The van der Waals surface area contributed by atoms with Gasteiger partial charge in [-0.25, -0.2) is 0 Å². The normalized spacial score (nSPS) is 12.7. The van der Waals surface area contributed by atoms with Crippen LogP contribution in [0.2, 0.25) is 0 Å². The lowest BCUT2D eigenvalue weighted by atomic mass is 10.00. The number of rotatable bonds is 5. The molecule has 0 saturated heterocycles. The first-order valence-electron chi connectivity index (χ1n) is 6.86. The fourth-order valence-corrected chi connectivity index (χ4v) is 3.31. The second kappa shape index (κ2) is 6.28. The Kier molecular flexibility index (Phi) is 4.22. The molecule has 1 N–H and O–H groups in total. The van der Waals surface area contributed by atoms with Gasteiger partial charge in [-0.15, -0.1) is 10.2 Å².